The number of likely N-dealkylation sites (N-methyl/N-ethyl adjacent to an activating group) is 1. The highest BCUT2D eigenvalue weighted by Gasteiger charge is 2.20. The number of nitrogens with zero attached hydrogens (tertiary/aromatic N) is 2. The smallest absolute Gasteiger partial charge is 0.255 e. The van der Waals surface area contributed by atoms with Gasteiger partial charge in [-0.1, -0.05) is 27.7 Å². The van der Waals surface area contributed by atoms with Gasteiger partial charge in [-0.2, -0.15) is 0 Å². The van der Waals surface area contributed by atoms with Gasteiger partial charge < -0.3 is 14.8 Å². The summed E-state index contributed by atoms with van der Waals surface area (Å²) in [6, 6.07) is 2.52. The summed E-state index contributed by atoms with van der Waals surface area (Å²) < 4.78 is 2.06. The van der Waals surface area contributed by atoms with Gasteiger partial charge in [0.25, 0.3) is 5.56 Å². The van der Waals surface area contributed by atoms with E-state index in [0.29, 0.717) is 18.5 Å². The molecule has 0 saturated carbocycles. The van der Waals surface area contributed by atoms with Crippen LogP contribution in [0, 0.1) is 5.92 Å². The third kappa shape index (κ3) is 4.20. The third-order valence-electron chi connectivity index (χ3n) is 4.37. The van der Waals surface area contributed by atoms with Gasteiger partial charge in [0.1, 0.15) is 0 Å². The minimum absolute atomic E-state index is 0.206. The molecule has 1 aliphatic rings. The molecule has 22 heavy (non-hydrogen) atoms. The van der Waals surface area contributed by atoms with Gasteiger partial charge in [0, 0.05) is 49.9 Å². The van der Waals surface area contributed by atoms with Crippen LogP contribution in [0.15, 0.2) is 10.9 Å². The van der Waals surface area contributed by atoms with Gasteiger partial charge in [0.05, 0.1) is 0 Å². The number of hydrogen-bond acceptors (Lipinski definition) is 3. The molecule has 4 nitrogen and oxygen atoms in total. The first kappa shape index (κ1) is 17.2. The van der Waals surface area contributed by atoms with Crippen molar-refractivity contribution in [2.75, 3.05) is 13.6 Å². The fraction of sp³-hybridized carbons (Fsp3) is 0.722. The Morgan fingerprint density at radius 2 is 2.00 bits per heavy atom. The van der Waals surface area contributed by atoms with Crippen molar-refractivity contribution in [3.63, 3.8) is 0 Å². The average Bonchev–Trinajstić information content (AvgIpc) is 2.44. The predicted molar refractivity (Wildman–Crippen MR) is 92.2 cm³/mol. The van der Waals surface area contributed by atoms with Crippen molar-refractivity contribution >= 4 is 0 Å². The molecule has 1 N–H and O–H groups in total. The van der Waals surface area contributed by atoms with E-state index in [-0.39, 0.29) is 5.56 Å². The Balaban J connectivity index is 2.37. The van der Waals surface area contributed by atoms with E-state index in [9.17, 15) is 4.79 Å². The molecular formula is C18H31N3O. The largest absolute Gasteiger partial charge is 0.312 e. The first-order chi connectivity index (χ1) is 10.4. The normalized spacial score (nSPS) is 15.6. The van der Waals surface area contributed by atoms with Crippen LogP contribution in [0.4, 0.5) is 0 Å². The van der Waals surface area contributed by atoms with Crippen LogP contribution < -0.4 is 10.9 Å². The van der Waals surface area contributed by atoms with Crippen LogP contribution in [0.5, 0.6) is 0 Å². The van der Waals surface area contributed by atoms with Crippen LogP contribution in [-0.4, -0.2) is 29.1 Å². The summed E-state index contributed by atoms with van der Waals surface area (Å²) in [4.78, 5) is 15.2. The fourth-order valence-electron chi connectivity index (χ4n) is 2.99. The molecule has 0 bridgehead atoms. The number of aromatic nitrogens is 1. The Hall–Kier alpha value is -1.13. The molecule has 0 amide bonds. The van der Waals surface area contributed by atoms with Crippen molar-refractivity contribution in [2.24, 2.45) is 5.92 Å². The zero-order chi connectivity index (χ0) is 16.3. The second-order valence-corrected chi connectivity index (χ2v) is 7.30. The van der Waals surface area contributed by atoms with Crippen molar-refractivity contribution in [3.8, 4) is 0 Å². The molecule has 2 rings (SSSR count). The Morgan fingerprint density at radius 3 is 2.64 bits per heavy atom. The van der Waals surface area contributed by atoms with E-state index >= 15 is 0 Å². The Labute approximate surface area is 134 Å². The lowest BCUT2D eigenvalue weighted by atomic mass is 10.0. The summed E-state index contributed by atoms with van der Waals surface area (Å²) in [6.45, 7) is 12.2. The van der Waals surface area contributed by atoms with Gasteiger partial charge in [-0.05, 0) is 31.0 Å². The molecule has 1 aliphatic heterocycles. The highest BCUT2D eigenvalue weighted by molar-refractivity contribution is 5.29. The topological polar surface area (TPSA) is 37.3 Å². The molecular weight excluding hydrogens is 274 g/mol. The van der Waals surface area contributed by atoms with Crippen LogP contribution in [0.1, 0.15) is 50.9 Å². The van der Waals surface area contributed by atoms with Gasteiger partial charge in [0.2, 0.25) is 0 Å². The van der Waals surface area contributed by atoms with Crippen molar-refractivity contribution in [1.29, 1.82) is 0 Å². The Kier molecular flexibility index (Phi) is 5.81. The maximum Gasteiger partial charge on any atom is 0.255 e. The first-order valence-electron chi connectivity index (χ1n) is 8.55. The highest BCUT2D eigenvalue weighted by atomic mass is 16.1. The fourth-order valence-corrected chi connectivity index (χ4v) is 2.99. The predicted octanol–water partition coefficient (Wildman–Crippen LogP) is 2.38. The van der Waals surface area contributed by atoms with Crippen LogP contribution in [-0.2, 0) is 26.1 Å². The van der Waals surface area contributed by atoms with Crippen molar-refractivity contribution in [1.82, 2.24) is 14.8 Å². The monoisotopic (exact) mass is 305 g/mol. The SMILES string of the molecule is CC(C)CCn1c2c(cc(CNC(C)C)c1=O)CN(C)CC2. The first-order valence-corrected chi connectivity index (χ1v) is 8.55. The van der Waals surface area contributed by atoms with E-state index in [0.717, 1.165) is 38.0 Å². The molecule has 0 atom stereocenters. The summed E-state index contributed by atoms with van der Waals surface area (Å²) in [6.07, 6.45) is 2.04. The average molecular weight is 305 g/mol. The zero-order valence-electron chi connectivity index (χ0n) is 14.8. The van der Waals surface area contributed by atoms with E-state index in [1.54, 1.807) is 0 Å². The maximum absolute atomic E-state index is 12.9. The molecule has 0 unspecified atom stereocenters. The second kappa shape index (κ2) is 7.42. The molecule has 0 fully saturated rings. The molecule has 0 spiro atoms. The molecule has 0 aromatic carbocycles. The van der Waals surface area contributed by atoms with E-state index in [4.69, 9.17) is 0 Å². The number of rotatable bonds is 6. The quantitative estimate of drug-likeness (QED) is 0.877. The minimum atomic E-state index is 0.206. The van der Waals surface area contributed by atoms with E-state index in [2.05, 4.69) is 55.6 Å². The summed E-state index contributed by atoms with van der Waals surface area (Å²) in [5.41, 5.74) is 3.71. The maximum atomic E-state index is 12.9. The summed E-state index contributed by atoms with van der Waals surface area (Å²) in [7, 11) is 2.15. The van der Waals surface area contributed by atoms with Crippen LogP contribution in [0.3, 0.4) is 0 Å². The number of nitrogens with one attached hydrogen (secondary N) is 1. The number of hydrogen-bond donors (Lipinski definition) is 1. The van der Waals surface area contributed by atoms with Gasteiger partial charge in [-0.25, -0.2) is 0 Å². The van der Waals surface area contributed by atoms with Gasteiger partial charge in [-0.3, -0.25) is 4.79 Å². The molecule has 0 saturated heterocycles. The Bertz CT molecular complexity index is 560. The van der Waals surface area contributed by atoms with Crippen molar-refractivity contribution in [2.45, 2.75) is 66.2 Å². The Morgan fingerprint density at radius 1 is 1.27 bits per heavy atom. The third-order valence-corrected chi connectivity index (χ3v) is 4.37. The summed E-state index contributed by atoms with van der Waals surface area (Å²) in [5, 5.41) is 3.39. The van der Waals surface area contributed by atoms with Crippen LogP contribution in [0.2, 0.25) is 0 Å². The molecule has 4 heteroatoms. The van der Waals surface area contributed by atoms with Crippen molar-refractivity contribution in [3.05, 3.63) is 33.2 Å². The van der Waals surface area contributed by atoms with Gasteiger partial charge in [-0.15, -0.1) is 0 Å². The molecule has 1 aromatic heterocycles. The lowest BCUT2D eigenvalue weighted by Crippen LogP contribution is -2.37. The van der Waals surface area contributed by atoms with E-state index < -0.39 is 0 Å². The summed E-state index contributed by atoms with van der Waals surface area (Å²) >= 11 is 0. The van der Waals surface area contributed by atoms with Crippen molar-refractivity contribution < 1.29 is 0 Å². The standard InChI is InChI=1S/C18H31N3O/c1-13(2)6-9-21-17-7-8-20(5)12-16(17)10-15(18(21)22)11-19-14(3)4/h10,13-14,19H,6-9,11-12H2,1-5H3. The molecule has 0 radical (unpaired) electrons. The van der Waals surface area contributed by atoms with Crippen LogP contribution in [0.25, 0.3) is 0 Å². The van der Waals surface area contributed by atoms with Gasteiger partial charge in [0.15, 0.2) is 0 Å². The van der Waals surface area contributed by atoms with E-state index in [1.807, 2.05) is 0 Å². The summed E-state index contributed by atoms with van der Waals surface area (Å²) in [5.74, 6) is 0.617. The molecule has 124 valence electrons. The lowest BCUT2D eigenvalue weighted by Gasteiger charge is -2.28. The highest BCUT2D eigenvalue weighted by Crippen LogP contribution is 2.19. The second-order valence-electron chi connectivity index (χ2n) is 7.30. The number of fused-ring (bicyclic) bond motifs is 1. The van der Waals surface area contributed by atoms with E-state index in [1.165, 1.54) is 11.3 Å². The molecule has 2 heterocycles. The van der Waals surface area contributed by atoms with Gasteiger partial charge >= 0.3 is 0 Å². The molecule has 1 aromatic rings. The minimum Gasteiger partial charge on any atom is -0.312 e. The molecule has 0 aliphatic carbocycles. The number of pyridine rings is 1. The zero-order valence-corrected chi connectivity index (χ0v) is 14.8. The van der Waals surface area contributed by atoms with Crippen LogP contribution >= 0.6 is 0 Å². The lowest BCUT2D eigenvalue weighted by molar-refractivity contribution is 0.302.